The van der Waals surface area contributed by atoms with Gasteiger partial charge in [-0.2, -0.15) is 0 Å². The molecule has 1 aromatic heterocycles. The number of carbonyl (C=O) groups is 2. The minimum absolute atomic E-state index is 0.0411. The Balaban J connectivity index is 2.18. The third-order valence-electron chi connectivity index (χ3n) is 3.07. The fraction of sp³-hybridized carbons (Fsp3) is 0.286. The molecular weight excluding hydrogens is 266 g/mol. The molecule has 4 nitrogen and oxygen atoms in total. The monoisotopic (exact) mass is 280 g/mol. The third kappa shape index (κ3) is 3.01. The fourth-order valence-corrected chi connectivity index (χ4v) is 2.09. The van der Waals surface area contributed by atoms with Gasteiger partial charge in [0.1, 0.15) is 18.8 Å². The lowest BCUT2D eigenvalue weighted by Crippen LogP contribution is -2.35. The van der Waals surface area contributed by atoms with Crippen molar-refractivity contribution in [2.24, 2.45) is 0 Å². The van der Waals surface area contributed by atoms with E-state index in [1.165, 1.54) is 12.1 Å². The van der Waals surface area contributed by atoms with Crippen molar-refractivity contribution in [3.05, 3.63) is 35.8 Å². The Bertz CT molecular complexity index is 625. The molecule has 2 rings (SSSR count). The lowest BCUT2D eigenvalue weighted by atomic mass is 10.1. The first-order chi connectivity index (χ1) is 9.65. The number of benzene rings is 1. The van der Waals surface area contributed by atoms with Crippen LogP contribution in [0.15, 0.2) is 24.4 Å². The standard InChI is InChI=1S/C14H14F2N2O2/c15-3-4-18(5-6-19)14(20)7-10-9-17-13-8-11(16)1-2-12(10)13/h1-2,6,8-9,17H,3-5,7H2. The van der Waals surface area contributed by atoms with Gasteiger partial charge < -0.3 is 14.7 Å². The molecule has 0 aliphatic rings. The van der Waals surface area contributed by atoms with E-state index in [0.717, 1.165) is 10.3 Å². The number of rotatable bonds is 6. The highest BCUT2D eigenvalue weighted by molar-refractivity contribution is 5.89. The van der Waals surface area contributed by atoms with Gasteiger partial charge in [0, 0.05) is 23.6 Å². The Kier molecular flexibility index (Phi) is 4.45. The zero-order chi connectivity index (χ0) is 14.5. The molecule has 1 N–H and O–H groups in total. The number of aromatic nitrogens is 1. The molecule has 0 radical (unpaired) electrons. The third-order valence-corrected chi connectivity index (χ3v) is 3.07. The van der Waals surface area contributed by atoms with Crippen LogP contribution < -0.4 is 0 Å². The number of hydrogen-bond acceptors (Lipinski definition) is 2. The Hall–Kier alpha value is -2.24. The van der Waals surface area contributed by atoms with Crippen molar-refractivity contribution >= 4 is 23.1 Å². The minimum atomic E-state index is -0.696. The Morgan fingerprint density at radius 1 is 1.40 bits per heavy atom. The summed E-state index contributed by atoms with van der Waals surface area (Å²) < 4.78 is 25.4. The van der Waals surface area contributed by atoms with Gasteiger partial charge in [-0.1, -0.05) is 0 Å². The van der Waals surface area contributed by atoms with Gasteiger partial charge in [-0.25, -0.2) is 8.78 Å². The fourth-order valence-electron chi connectivity index (χ4n) is 2.09. The predicted octanol–water partition coefficient (Wildman–Crippen LogP) is 1.85. The lowest BCUT2D eigenvalue weighted by Gasteiger charge is -2.18. The molecule has 0 fully saturated rings. The molecule has 0 unspecified atom stereocenters. The van der Waals surface area contributed by atoms with Gasteiger partial charge in [0.15, 0.2) is 0 Å². The number of H-pyrrole nitrogens is 1. The summed E-state index contributed by atoms with van der Waals surface area (Å²) in [7, 11) is 0. The van der Waals surface area contributed by atoms with Crippen molar-refractivity contribution in [1.29, 1.82) is 0 Å². The first-order valence-electron chi connectivity index (χ1n) is 6.18. The van der Waals surface area contributed by atoms with Crippen molar-refractivity contribution in [2.75, 3.05) is 19.8 Å². The summed E-state index contributed by atoms with van der Waals surface area (Å²) in [4.78, 5) is 26.5. The maximum atomic E-state index is 13.1. The molecule has 1 heterocycles. The van der Waals surface area contributed by atoms with Crippen LogP contribution in [0, 0.1) is 5.82 Å². The second kappa shape index (κ2) is 6.27. The quantitative estimate of drug-likeness (QED) is 0.821. The second-order valence-electron chi connectivity index (χ2n) is 4.38. The molecule has 0 spiro atoms. The largest absolute Gasteiger partial charge is 0.361 e. The highest BCUT2D eigenvalue weighted by Crippen LogP contribution is 2.20. The number of nitrogens with one attached hydrogen (secondary N) is 1. The zero-order valence-electron chi connectivity index (χ0n) is 10.7. The van der Waals surface area contributed by atoms with E-state index in [9.17, 15) is 18.4 Å². The molecule has 0 aliphatic carbocycles. The van der Waals surface area contributed by atoms with E-state index in [0.29, 0.717) is 17.4 Å². The average molecular weight is 280 g/mol. The van der Waals surface area contributed by atoms with E-state index in [-0.39, 0.29) is 31.2 Å². The SMILES string of the molecule is O=CCN(CCF)C(=O)Cc1c[nH]c2cc(F)ccc12. The van der Waals surface area contributed by atoms with Crippen molar-refractivity contribution < 1.29 is 18.4 Å². The summed E-state index contributed by atoms with van der Waals surface area (Å²) in [6.45, 7) is -0.924. The number of aromatic amines is 1. The van der Waals surface area contributed by atoms with E-state index in [1.807, 2.05) is 0 Å². The highest BCUT2D eigenvalue weighted by atomic mass is 19.1. The first-order valence-corrected chi connectivity index (χ1v) is 6.18. The molecule has 0 bridgehead atoms. The summed E-state index contributed by atoms with van der Waals surface area (Å²) >= 11 is 0. The number of nitrogens with zero attached hydrogens (tertiary/aromatic N) is 1. The Labute approximate surface area is 114 Å². The van der Waals surface area contributed by atoms with Gasteiger partial charge in [-0.15, -0.1) is 0 Å². The Morgan fingerprint density at radius 3 is 2.90 bits per heavy atom. The van der Waals surface area contributed by atoms with Crippen LogP contribution in [0.25, 0.3) is 10.9 Å². The number of aldehydes is 1. The van der Waals surface area contributed by atoms with E-state index < -0.39 is 6.67 Å². The molecule has 2 aromatic rings. The molecule has 0 saturated carbocycles. The molecule has 1 aromatic carbocycles. The van der Waals surface area contributed by atoms with Gasteiger partial charge >= 0.3 is 0 Å². The van der Waals surface area contributed by atoms with Crippen molar-refractivity contribution in [2.45, 2.75) is 6.42 Å². The van der Waals surface area contributed by atoms with Crippen LogP contribution in [0.2, 0.25) is 0 Å². The minimum Gasteiger partial charge on any atom is -0.361 e. The van der Waals surface area contributed by atoms with Crippen LogP contribution in [0.5, 0.6) is 0 Å². The van der Waals surface area contributed by atoms with Gasteiger partial charge in [-0.3, -0.25) is 4.79 Å². The number of halogens is 2. The number of fused-ring (bicyclic) bond motifs is 1. The van der Waals surface area contributed by atoms with Gasteiger partial charge in [0.2, 0.25) is 5.91 Å². The van der Waals surface area contributed by atoms with Gasteiger partial charge in [0.05, 0.1) is 13.0 Å². The number of hydrogen-bond donors (Lipinski definition) is 1. The van der Waals surface area contributed by atoms with E-state index in [4.69, 9.17) is 0 Å². The first kappa shape index (κ1) is 14.2. The van der Waals surface area contributed by atoms with Crippen molar-refractivity contribution in [1.82, 2.24) is 9.88 Å². The summed E-state index contributed by atoms with van der Waals surface area (Å²) in [6, 6.07) is 4.24. The van der Waals surface area contributed by atoms with E-state index >= 15 is 0 Å². The molecule has 0 atom stereocenters. The summed E-state index contributed by atoms with van der Waals surface area (Å²) in [5.74, 6) is -0.697. The van der Waals surface area contributed by atoms with E-state index in [1.54, 1.807) is 12.3 Å². The normalized spacial score (nSPS) is 10.7. The van der Waals surface area contributed by atoms with Crippen LogP contribution in [0.1, 0.15) is 5.56 Å². The maximum absolute atomic E-state index is 13.1. The van der Waals surface area contributed by atoms with Crippen LogP contribution in [-0.2, 0) is 16.0 Å². The van der Waals surface area contributed by atoms with E-state index in [2.05, 4.69) is 4.98 Å². The summed E-state index contributed by atoms with van der Waals surface area (Å²) in [5.41, 5.74) is 1.29. The molecule has 1 amide bonds. The van der Waals surface area contributed by atoms with Crippen LogP contribution in [0.3, 0.4) is 0 Å². The lowest BCUT2D eigenvalue weighted by molar-refractivity contribution is -0.132. The molecule has 0 aliphatic heterocycles. The number of alkyl halides is 1. The molecular formula is C14H14F2N2O2. The van der Waals surface area contributed by atoms with Crippen LogP contribution >= 0.6 is 0 Å². The number of carbonyl (C=O) groups excluding carboxylic acids is 2. The average Bonchev–Trinajstić information content (AvgIpc) is 2.80. The second-order valence-corrected chi connectivity index (χ2v) is 4.38. The maximum Gasteiger partial charge on any atom is 0.227 e. The zero-order valence-corrected chi connectivity index (χ0v) is 10.7. The predicted molar refractivity (Wildman–Crippen MR) is 70.6 cm³/mol. The summed E-state index contributed by atoms with van der Waals surface area (Å²) in [5, 5.41) is 0.742. The van der Waals surface area contributed by atoms with Crippen molar-refractivity contribution in [3.63, 3.8) is 0 Å². The smallest absolute Gasteiger partial charge is 0.227 e. The molecule has 6 heteroatoms. The highest BCUT2D eigenvalue weighted by Gasteiger charge is 2.15. The molecule has 0 saturated heterocycles. The van der Waals surface area contributed by atoms with Crippen molar-refractivity contribution in [3.8, 4) is 0 Å². The molecule has 106 valence electrons. The van der Waals surface area contributed by atoms with Gasteiger partial charge in [0.25, 0.3) is 0 Å². The molecule has 20 heavy (non-hydrogen) atoms. The van der Waals surface area contributed by atoms with Crippen LogP contribution in [-0.4, -0.2) is 41.8 Å². The summed E-state index contributed by atoms with van der Waals surface area (Å²) in [6.07, 6.45) is 2.23. The topological polar surface area (TPSA) is 53.2 Å². The van der Waals surface area contributed by atoms with Crippen LogP contribution in [0.4, 0.5) is 8.78 Å². The van der Waals surface area contributed by atoms with Gasteiger partial charge in [-0.05, 0) is 23.8 Å². The number of amides is 1. The Morgan fingerprint density at radius 2 is 2.20 bits per heavy atom.